The van der Waals surface area contributed by atoms with Gasteiger partial charge in [-0.3, -0.25) is 0 Å². The van der Waals surface area contributed by atoms with E-state index >= 15 is 0 Å². The normalized spacial score (nSPS) is 19.8. The maximum Gasteiger partial charge on any atom is 0.119 e. The summed E-state index contributed by atoms with van der Waals surface area (Å²) in [4.78, 5) is 0. The number of benzene rings is 1. The summed E-state index contributed by atoms with van der Waals surface area (Å²) in [5, 5.41) is 0. The van der Waals surface area contributed by atoms with Gasteiger partial charge in [0.15, 0.2) is 0 Å². The van der Waals surface area contributed by atoms with Gasteiger partial charge in [-0.15, -0.1) is 0 Å². The van der Waals surface area contributed by atoms with E-state index in [1.165, 1.54) is 77.0 Å². The molecule has 1 aliphatic carbocycles. The Balaban J connectivity index is 1.51. The van der Waals surface area contributed by atoms with Gasteiger partial charge in [-0.05, 0) is 55.4 Å². The zero-order valence-electron chi connectivity index (χ0n) is 17.9. The number of hydrogen-bond donors (Lipinski definition) is 0. The molecule has 0 heterocycles. The second-order valence-corrected chi connectivity index (χ2v) is 8.40. The van der Waals surface area contributed by atoms with Crippen LogP contribution in [0, 0.1) is 11.8 Å². The first-order valence-corrected chi connectivity index (χ1v) is 11.7. The van der Waals surface area contributed by atoms with Crippen LogP contribution in [0.15, 0.2) is 24.3 Å². The molecule has 2 rings (SSSR count). The predicted molar refractivity (Wildman–Crippen MR) is 116 cm³/mol. The molecule has 0 atom stereocenters. The molecule has 2 heteroatoms. The van der Waals surface area contributed by atoms with E-state index in [0.717, 1.165) is 43.0 Å². The molecule has 0 aromatic heterocycles. The number of unbranched alkanes of at least 4 members (excludes halogenated alkanes) is 4. The van der Waals surface area contributed by atoms with Gasteiger partial charge >= 0.3 is 0 Å². The molecule has 0 amide bonds. The topological polar surface area (TPSA) is 18.5 Å². The highest BCUT2D eigenvalue weighted by molar-refractivity contribution is 5.31. The number of rotatable bonds is 14. The molecule has 27 heavy (non-hydrogen) atoms. The van der Waals surface area contributed by atoms with Gasteiger partial charge in [0.25, 0.3) is 0 Å². The number of ether oxygens (including phenoxy) is 2. The molecule has 2 nitrogen and oxygen atoms in total. The second kappa shape index (κ2) is 13.9. The van der Waals surface area contributed by atoms with Gasteiger partial charge in [0.05, 0.1) is 13.2 Å². The summed E-state index contributed by atoms with van der Waals surface area (Å²) in [6.07, 6.45) is 17.6. The van der Waals surface area contributed by atoms with Gasteiger partial charge in [0.2, 0.25) is 0 Å². The molecule has 154 valence electrons. The summed E-state index contributed by atoms with van der Waals surface area (Å²) in [5.74, 6) is 3.88. The Labute approximate surface area is 168 Å². The molecule has 1 aromatic rings. The Bertz CT molecular complexity index is 460. The smallest absolute Gasteiger partial charge is 0.119 e. The molecule has 0 spiro atoms. The van der Waals surface area contributed by atoms with Gasteiger partial charge in [-0.2, -0.15) is 0 Å². The van der Waals surface area contributed by atoms with Crippen molar-refractivity contribution >= 4 is 0 Å². The highest BCUT2D eigenvalue weighted by Crippen LogP contribution is 2.34. The summed E-state index contributed by atoms with van der Waals surface area (Å²) in [6.45, 7) is 6.17. The van der Waals surface area contributed by atoms with Crippen LogP contribution in [-0.4, -0.2) is 13.2 Å². The van der Waals surface area contributed by atoms with Crippen molar-refractivity contribution in [3.05, 3.63) is 24.3 Å². The summed E-state index contributed by atoms with van der Waals surface area (Å²) >= 11 is 0. The fourth-order valence-electron chi connectivity index (χ4n) is 4.23. The minimum Gasteiger partial charge on any atom is -0.494 e. The maximum atomic E-state index is 5.93. The monoisotopic (exact) mass is 374 g/mol. The quantitative estimate of drug-likeness (QED) is 0.309. The predicted octanol–water partition coefficient (Wildman–Crippen LogP) is 7.80. The van der Waals surface area contributed by atoms with E-state index in [4.69, 9.17) is 9.47 Å². The molecule has 0 N–H and O–H groups in total. The minimum atomic E-state index is 0.814. The third-order valence-corrected chi connectivity index (χ3v) is 6.05. The van der Waals surface area contributed by atoms with E-state index in [1.54, 1.807) is 0 Å². The lowest BCUT2D eigenvalue weighted by atomic mass is 9.78. The third kappa shape index (κ3) is 9.53. The fraction of sp³-hybridized carbons (Fsp3) is 0.760. The molecule has 1 saturated carbocycles. The first kappa shape index (κ1) is 22.1. The highest BCUT2D eigenvalue weighted by atomic mass is 16.5. The number of hydrogen-bond acceptors (Lipinski definition) is 2. The van der Waals surface area contributed by atoms with Crippen LogP contribution in [-0.2, 0) is 0 Å². The minimum absolute atomic E-state index is 0.814. The molecule has 1 aromatic carbocycles. The average Bonchev–Trinajstić information content (AvgIpc) is 2.71. The Morgan fingerprint density at radius 2 is 1.07 bits per heavy atom. The summed E-state index contributed by atoms with van der Waals surface area (Å²) in [6, 6.07) is 8.13. The highest BCUT2D eigenvalue weighted by Gasteiger charge is 2.20. The lowest BCUT2D eigenvalue weighted by molar-refractivity contribution is 0.228. The Hall–Kier alpha value is -1.18. The molecule has 0 radical (unpaired) electrons. The van der Waals surface area contributed by atoms with Gasteiger partial charge in [0, 0.05) is 0 Å². The van der Waals surface area contributed by atoms with Crippen LogP contribution in [0.5, 0.6) is 11.5 Å². The van der Waals surface area contributed by atoms with Gasteiger partial charge in [-0.1, -0.05) is 78.1 Å². The van der Waals surface area contributed by atoms with E-state index in [1.807, 2.05) is 24.3 Å². The molecule has 0 bridgehead atoms. The zero-order valence-corrected chi connectivity index (χ0v) is 17.9. The van der Waals surface area contributed by atoms with E-state index < -0.39 is 0 Å². The first-order valence-electron chi connectivity index (χ1n) is 11.7. The molecular formula is C25H42O2. The van der Waals surface area contributed by atoms with Crippen LogP contribution < -0.4 is 9.47 Å². The van der Waals surface area contributed by atoms with E-state index in [2.05, 4.69) is 13.8 Å². The Morgan fingerprint density at radius 3 is 1.59 bits per heavy atom. The third-order valence-electron chi connectivity index (χ3n) is 6.05. The van der Waals surface area contributed by atoms with Crippen molar-refractivity contribution < 1.29 is 9.47 Å². The van der Waals surface area contributed by atoms with E-state index in [9.17, 15) is 0 Å². The fourth-order valence-corrected chi connectivity index (χ4v) is 4.23. The molecule has 1 aliphatic rings. The molecule has 0 unspecified atom stereocenters. The van der Waals surface area contributed by atoms with Crippen molar-refractivity contribution in [1.29, 1.82) is 0 Å². The molecule has 0 aliphatic heterocycles. The lowest BCUT2D eigenvalue weighted by Gasteiger charge is -2.28. The second-order valence-electron chi connectivity index (χ2n) is 8.40. The first-order chi connectivity index (χ1) is 13.3. The zero-order chi connectivity index (χ0) is 19.2. The van der Waals surface area contributed by atoms with Gasteiger partial charge in [-0.25, -0.2) is 0 Å². The van der Waals surface area contributed by atoms with Gasteiger partial charge in [0.1, 0.15) is 11.5 Å². The van der Waals surface area contributed by atoms with Crippen molar-refractivity contribution in [2.24, 2.45) is 11.8 Å². The van der Waals surface area contributed by atoms with Crippen molar-refractivity contribution in [2.45, 2.75) is 97.3 Å². The maximum absolute atomic E-state index is 5.93. The SMILES string of the molecule is CCCCCOc1ccc(OCCCC2CCC(CCCCC)CC2)cc1. The van der Waals surface area contributed by atoms with E-state index in [0.29, 0.717) is 0 Å². The van der Waals surface area contributed by atoms with Crippen molar-refractivity contribution in [2.75, 3.05) is 13.2 Å². The largest absolute Gasteiger partial charge is 0.494 e. The van der Waals surface area contributed by atoms with Crippen molar-refractivity contribution in [3.8, 4) is 11.5 Å². The van der Waals surface area contributed by atoms with E-state index in [-0.39, 0.29) is 0 Å². The van der Waals surface area contributed by atoms with Crippen LogP contribution in [0.1, 0.15) is 97.3 Å². The molecule has 0 saturated heterocycles. The lowest BCUT2D eigenvalue weighted by Crippen LogP contribution is -2.15. The Kier molecular flexibility index (Phi) is 11.4. The Morgan fingerprint density at radius 1 is 0.630 bits per heavy atom. The summed E-state index contributed by atoms with van der Waals surface area (Å²) < 4.78 is 11.7. The van der Waals surface area contributed by atoms with Crippen LogP contribution in [0.4, 0.5) is 0 Å². The van der Waals surface area contributed by atoms with Crippen molar-refractivity contribution in [3.63, 3.8) is 0 Å². The van der Waals surface area contributed by atoms with Crippen LogP contribution in [0.2, 0.25) is 0 Å². The van der Waals surface area contributed by atoms with Crippen LogP contribution >= 0.6 is 0 Å². The van der Waals surface area contributed by atoms with Crippen LogP contribution in [0.3, 0.4) is 0 Å². The summed E-state index contributed by atoms with van der Waals surface area (Å²) in [7, 11) is 0. The summed E-state index contributed by atoms with van der Waals surface area (Å²) in [5.41, 5.74) is 0. The standard InChI is InChI=1S/C25H42O2/c1-3-5-7-10-22-12-14-23(15-13-22)11-9-21-27-25-18-16-24(17-19-25)26-20-8-6-4-2/h16-19,22-23H,3-15,20-21H2,1-2H3. The molecule has 1 fully saturated rings. The molecular weight excluding hydrogens is 332 g/mol. The van der Waals surface area contributed by atoms with Crippen molar-refractivity contribution in [1.82, 2.24) is 0 Å². The van der Waals surface area contributed by atoms with Crippen LogP contribution in [0.25, 0.3) is 0 Å². The van der Waals surface area contributed by atoms with Gasteiger partial charge < -0.3 is 9.47 Å². The average molecular weight is 375 g/mol.